The van der Waals surface area contributed by atoms with Crippen molar-refractivity contribution in [3.8, 4) is 0 Å². The van der Waals surface area contributed by atoms with Crippen LogP contribution in [0.3, 0.4) is 0 Å². The fourth-order valence-electron chi connectivity index (χ4n) is 1.54. The lowest BCUT2D eigenvalue weighted by atomic mass is 9.97. The molecule has 0 aliphatic rings. The topological polar surface area (TPSA) is 52.6 Å². The first-order chi connectivity index (χ1) is 10.6. The van der Waals surface area contributed by atoms with Gasteiger partial charge >= 0.3 is 11.9 Å². The van der Waals surface area contributed by atoms with Gasteiger partial charge in [-0.2, -0.15) is 8.78 Å². The Balaban J connectivity index is 0.000000841. The van der Waals surface area contributed by atoms with Crippen LogP contribution < -0.4 is 0 Å². The SMILES string of the molecule is CCOC(=O)C(F)(F)c1ccccc1C(C)(F)F.CCOC=O. The Hall–Kier alpha value is -2.12. The van der Waals surface area contributed by atoms with Crippen molar-refractivity contribution in [2.24, 2.45) is 0 Å². The van der Waals surface area contributed by atoms with Crippen molar-refractivity contribution in [1.29, 1.82) is 0 Å². The molecule has 0 amide bonds. The van der Waals surface area contributed by atoms with Crippen molar-refractivity contribution in [2.45, 2.75) is 32.6 Å². The molecule has 0 atom stereocenters. The van der Waals surface area contributed by atoms with Gasteiger partial charge in [0, 0.05) is 18.1 Å². The minimum absolute atomic E-state index is 0.251. The van der Waals surface area contributed by atoms with Crippen LogP contribution in [0.25, 0.3) is 0 Å². The fraction of sp³-hybridized carbons (Fsp3) is 0.467. The summed E-state index contributed by atoms with van der Waals surface area (Å²) in [6.45, 7) is 4.26. The van der Waals surface area contributed by atoms with Crippen molar-refractivity contribution in [3.63, 3.8) is 0 Å². The summed E-state index contributed by atoms with van der Waals surface area (Å²) in [4.78, 5) is 20.3. The predicted molar refractivity (Wildman–Crippen MR) is 74.2 cm³/mol. The molecule has 130 valence electrons. The Morgan fingerprint density at radius 3 is 1.96 bits per heavy atom. The molecule has 0 saturated carbocycles. The number of halogens is 4. The Morgan fingerprint density at radius 1 is 1.09 bits per heavy atom. The highest BCUT2D eigenvalue weighted by Crippen LogP contribution is 2.38. The summed E-state index contributed by atoms with van der Waals surface area (Å²) < 4.78 is 62.2. The van der Waals surface area contributed by atoms with Crippen LogP contribution in [0, 0.1) is 0 Å². The second-order valence-electron chi connectivity index (χ2n) is 4.28. The number of rotatable bonds is 6. The van der Waals surface area contributed by atoms with E-state index in [1.807, 2.05) is 0 Å². The molecule has 23 heavy (non-hydrogen) atoms. The predicted octanol–water partition coefficient (Wildman–Crippen LogP) is 3.63. The molecule has 0 aliphatic carbocycles. The number of benzene rings is 1. The summed E-state index contributed by atoms with van der Waals surface area (Å²) in [5.41, 5.74) is -1.92. The maximum Gasteiger partial charge on any atom is 0.381 e. The first kappa shape index (κ1) is 20.9. The number of carbonyl (C=O) groups excluding carboxylic acids is 2. The van der Waals surface area contributed by atoms with Gasteiger partial charge in [-0.15, -0.1) is 0 Å². The maximum atomic E-state index is 13.7. The summed E-state index contributed by atoms with van der Waals surface area (Å²) >= 11 is 0. The Labute approximate surface area is 131 Å². The standard InChI is InChI=1S/C12H12F4O2.C3H6O2/c1-3-18-10(17)12(15,16)9-7-5-4-6-8(9)11(2,13)14;1-2-5-3-4/h4-7H,3H2,1-2H3;3H,2H2,1H3. The molecule has 4 nitrogen and oxygen atoms in total. The number of hydrogen-bond donors (Lipinski definition) is 0. The van der Waals surface area contributed by atoms with E-state index in [1.165, 1.54) is 13.0 Å². The van der Waals surface area contributed by atoms with Gasteiger partial charge < -0.3 is 9.47 Å². The quantitative estimate of drug-likeness (QED) is 0.451. The van der Waals surface area contributed by atoms with E-state index in [0.29, 0.717) is 20.0 Å². The van der Waals surface area contributed by atoms with Crippen LogP contribution in [0.5, 0.6) is 0 Å². The third kappa shape index (κ3) is 6.25. The molecule has 0 aliphatic heterocycles. The van der Waals surface area contributed by atoms with Gasteiger partial charge in [0.1, 0.15) is 0 Å². The van der Waals surface area contributed by atoms with Gasteiger partial charge in [0.2, 0.25) is 0 Å². The van der Waals surface area contributed by atoms with E-state index in [4.69, 9.17) is 0 Å². The van der Waals surface area contributed by atoms with E-state index in [2.05, 4.69) is 9.47 Å². The first-order valence-electron chi connectivity index (χ1n) is 6.70. The van der Waals surface area contributed by atoms with Crippen LogP contribution in [-0.4, -0.2) is 25.7 Å². The van der Waals surface area contributed by atoms with Gasteiger partial charge in [-0.3, -0.25) is 4.79 Å². The zero-order chi connectivity index (χ0) is 18.1. The zero-order valence-electron chi connectivity index (χ0n) is 12.9. The van der Waals surface area contributed by atoms with Gasteiger partial charge in [0.15, 0.2) is 0 Å². The Bertz CT molecular complexity index is 512. The molecule has 0 saturated heterocycles. The lowest BCUT2D eigenvalue weighted by molar-refractivity contribution is -0.173. The lowest BCUT2D eigenvalue weighted by Crippen LogP contribution is -2.31. The van der Waals surface area contributed by atoms with Gasteiger partial charge in [0.25, 0.3) is 12.4 Å². The van der Waals surface area contributed by atoms with Gasteiger partial charge in [-0.05, 0) is 13.8 Å². The van der Waals surface area contributed by atoms with E-state index < -0.39 is 28.9 Å². The molecule has 0 spiro atoms. The van der Waals surface area contributed by atoms with Crippen molar-refractivity contribution in [2.75, 3.05) is 13.2 Å². The number of alkyl halides is 4. The molecule has 8 heteroatoms. The number of esters is 1. The van der Waals surface area contributed by atoms with Crippen LogP contribution in [0.15, 0.2) is 24.3 Å². The monoisotopic (exact) mass is 338 g/mol. The first-order valence-corrected chi connectivity index (χ1v) is 6.70. The van der Waals surface area contributed by atoms with E-state index in [-0.39, 0.29) is 6.61 Å². The fourth-order valence-corrected chi connectivity index (χ4v) is 1.54. The van der Waals surface area contributed by atoms with Crippen LogP contribution in [0.4, 0.5) is 17.6 Å². The summed E-state index contributed by atoms with van der Waals surface area (Å²) in [5.74, 6) is -9.39. The Kier molecular flexibility index (Phi) is 8.28. The Morgan fingerprint density at radius 2 is 1.61 bits per heavy atom. The molecule has 0 N–H and O–H groups in total. The molecular formula is C15H18F4O4. The third-order valence-electron chi connectivity index (χ3n) is 2.50. The second kappa shape index (κ2) is 9.12. The van der Waals surface area contributed by atoms with Gasteiger partial charge in [-0.1, -0.05) is 24.3 Å². The summed E-state index contributed by atoms with van der Waals surface area (Å²) in [6, 6.07) is 4.03. The maximum absolute atomic E-state index is 13.7. The van der Waals surface area contributed by atoms with Gasteiger partial charge in [0.05, 0.1) is 13.2 Å². The van der Waals surface area contributed by atoms with Crippen LogP contribution in [0.2, 0.25) is 0 Å². The molecule has 1 aromatic rings. The zero-order valence-corrected chi connectivity index (χ0v) is 12.9. The average Bonchev–Trinajstić information content (AvgIpc) is 2.48. The number of ether oxygens (including phenoxy) is 2. The van der Waals surface area contributed by atoms with Crippen LogP contribution in [-0.2, 0) is 30.9 Å². The summed E-state index contributed by atoms with van der Waals surface area (Å²) in [7, 11) is 0. The summed E-state index contributed by atoms with van der Waals surface area (Å²) in [6.07, 6.45) is 0. The third-order valence-corrected chi connectivity index (χ3v) is 2.50. The molecule has 0 bridgehead atoms. The smallest absolute Gasteiger partial charge is 0.381 e. The van der Waals surface area contributed by atoms with Crippen molar-refractivity contribution in [1.82, 2.24) is 0 Å². The second-order valence-corrected chi connectivity index (χ2v) is 4.28. The number of carbonyl (C=O) groups is 2. The van der Waals surface area contributed by atoms with Crippen molar-refractivity contribution < 1.29 is 36.6 Å². The van der Waals surface area contributed by atoms with Crippen LogP contribution in [0.1, 0.15) is 31.9 Å². The van der Waals surface area contributed by atoms with E-state index in [1.54, 1.807) is 6.92 Å². The van der Waals surface area contributed by atoms with E-state index in [0.717, 1.165) is 18.2 Å². The minimum Gasteiger partial charge on any atom is -0.468 e. The van der Waals surface area contributed by atoms with Crippen molar-refractivity contribution in [3.05, 3.63) is 35.4 Å². The molecule has 0 fully saturated rings. The average molecular weight is 338 g/mol. The van der Waals surface area contributed by atoms with E-state index >= 15 is 0 Å². The molecule has 0 unspecified atom stereocenters. The minimum atomic E-state index is -4.09. The largest absolute Gasteiger partial charge is 0.468 e. The lowest BCUT2D eigenvalue weighted by Gasteiger charge is -2.21. The molecule has 0 aromatic heterocycles. The van der Waals surface area contributed by atoms with Gasteiger partial charge in [-0.25, -0.2) is 13.6 Å². The normalized spacial score (nSPS) is 11.1. The van der Waals surface area contributed by atoms with Crippen LogP contribution >= 0.6 is 0 Å². The number of hydrogen-bond acceptors (Lipinski definition) is 4. The molecule has 0 heterocycles. The molecule has 1 rings (SSSR count). The molecule has 1 aromatic carbocycles. The summed E-state index contributed by atoms with van der Waals surface area (Å²) in [5, 5.41) is 0. The highest BCUT2D eigenvalue weighted by molar-refractivity contribution is 5.80. The van der Waals surface area contributed by atoms with E-state index in [9.17, 15) is 27.2 Å². The highest BCUT2D eigenvalue weighted by Gasteiger charge is 2.47. The molecular weight excluding hydrogens is 320 g/mol. The molecule has 0 radical (unpaired) electrons. The van der Waals surface area contributed by atoms with Crippen molar-refractivity contribution >= 4 is 12.4 Å². The highest BCUT2D eigenvalue weighted by atomic mass is 19.3.